The molecule has 1 saturated heterocycles. The highest BCUT2D eigenvalue weighted by Gasteiger charge is 2.07. The number of piperazine rings is 1. The molecular weight excluding hydrogens is 202 g/mol. The quantitative estimate of drug-likeness (QED) is 0.717. The maximum atomic E-state index is 5.51. The third kappa shape index (κ3) is 3.63. The second-order valence-electron chi connectivity index (χ2n) is 4.29. The first-order valence-electron chi connectivity index (χ1n) is 6.04. The average molecular weight is 223 g/mol. The van der Waals surface area contributed by atoms with Gasteiger partial charge in [0.25, 0.3) is 0 Å². The van der Waals surface area contributed by atoms with Crippen molar-refractivity contribution < 1.29 is 4.42 Å². The molecule has 2 N–H and O–H groups in total. The van der Waals surface area contributed by atoms with Gasteiger partial charge >= 0.3 is 0 Å². The van der Waals surface area contributed by atoms with E-state index in [4.69, 9.17) is 4.42 Å². The van der Waals surface area contributed by atoms with Crippen molar-refractivity contribution in [2.45, 2.75) is 13.3 Å². The molecule has 0 amide bonds. The molecule has 16 heavy (non-hydrogen) atoms. The number of nitrogens with one attached hydrogen (secondary N) is 2. The van der Waals surface area contributed by atoms with Crippen LogP contribution >= 0.6 is 0 Å². The van der Waals surface area contributed by atoms with Gasteiger partial charge in [0, 0.05) is 45.8 Å². The topological polar surface area (TPSA) is 40.4 Å². The van der Waals surface area contributed by atoms with Crippen molar-refractivity contribution in [3.05, 3.63) is 23.7 Å². The zero-order valence-corrected chi connectivity index (χ0v) is 9.96. The van der Waals surface area contributed by atoms with Crippen LogP contribution < -0.4 is 10.6 Å². The Balaban J connectivity index is 1.57. The van der Waals surface area contributed by atoms with Gasteiger partial charge in [-0.2, -0.15) is 0 Å². The van der Waals surface area contributed by atoms with E-state index in [9.17, 15) is 0 Å². The van der Waals surface area contributed by atoms with Crippen LogP contribution in [0.2, 0.25) is 0 Å². The van der Waals surface area contributed by atoms with Crippen LogP contribution in [-0.2, 0) is 6.42 Å². The molecule has 0 saturated carbocycles. The smallest absolute Gasteiger partial charge is 0.105 e. The molecule has 0 atom stereocenters. The van der Waals surface area contributed by atoms with Crippen LogP contribution in [0.4, 0.5) is 0 Å². The molecule has 0 bridgehead atoms. The van der Waals surface area contributed by atoms with Crippen molar-refractivity contribution >= 4 is 0 Å². The Morgan fingerprint density at radius 1 is 1.38 bits per heavy atom. The summed E-state index contributed by atoms with van der Waals surface area (Å²) in [5, 5.41) is 6.80. The summed E-state index contributed by atoms with van der Waals surface area (Å²) in [5.41, 5.74) is 0. The van der Waals surface area contributed by atoms with Crippen LogP contribution in [0.15, 0.2) is 16.5 Å². The standard InChI is InChI=1S/C12H21N3O/c1-11-2-3-12(16-11)4-5-14-10-15-8-6-13-7-9-15/h2-3,13-14H,4-10H2,1H3. The summed E-state index contributed by atoms with van der Waals surface area (Å²) < 4.78 is 5.51. The van der Waals surface area contributed by atoms with Gasteiger partial charge < -0.3 is 15.1 Å². The molecule has 4 nitrogen and oxygen atoms in total. The van der Waals surface area contributed by atoms with E-state index >= 15 is 0 Å². The van der Waals surface area contributed by atoms with Crippen molar-refractivity contribution in [1.82, 2.24) is 15.5 Å². The fourth-order valence-electron chi connectivity index (χ4n) is 1.94. The number of nitrogens with zero attached hydrogens (tertiary/aromatic N) is 1. The van der Waals surface area contributed by atoms with Crippen molar-refractivity contribution in [1.29, 1.82) is 0 Å². The molecule has 4 heteroatoms. The van der Waals surface area contributed by atoms with Gasteiger partial charge in [-0.1, -0.05) is 0 Å². The third-order valence-electron chi connectivity index (χ3n) is 2.89. The molecule has 0 unspecified atom stereocenters. The maximum Gasteiger partial charge on any atom is 0.105 e. The summed E-state index contributed by atoms with van der Waals surface area (Å²) >= 11 is 0. The first-order valence-corrected chi connectivity index (χ1v) is 6.04. The summed E-state index contributed by atoms with van der Waals surface area (Å²) in [6, 6.07) is 4.08. The van der Waals surface area contributed by atoms with Crippen molar-refractivity contribution in [3.8, 4) is 0 Å². The van der Waals surface area contributed by atoms with Gasteiger partial charge in [-0.05, 0) is 19.1 Å². The Kier molecular flexibility index (Phi) is 4.39. The zero-order valence-electron chi connectivity index (χ0n) is 9.96. The first kappa shape index (κ1) is 11.6. The Hall–Kier alpha value is -0.840. The first-order chi connectivity index (χ1) is 7.84. The predicted octanol–water partition coefficient (Wildman–Crippen LogP) is 0.583. The fraction of sp³-hybridized carbons (Fsp3) is 0.667. The lowest BCUT2D eigenvalue weighted by atomic mass is 10.3. The third-order valence-corrected chi connectivity index (χ3v) is 2.89. The van der Waals surface area contributed by atoms with E-state index in [1.54, 1.807) is 0 Å². The second kappa shape index (κ2) is 6.03. The van der Waals surface area contributed by atoms with Crippen LogP contribution in [0.5, 0.6) is 0 Å². The van der Waals surface area contributed by atoms with Crippen LogP contribution in [0.25, 0.3) is 0 Å². The lowest BCUT2D eigenvalue weighted by Gasteiger charge is -2.27. The van der Waals surface area contributed by atoms with E-state index in [-0.39, 0.29) is 0 Å². The van der Waals surface area contributed by atoms with Crippen LogP contribution in [0, 0.1) is 6.92 Å². The average Bonchev–Trinajstić information content (AvgIpc) is 2.72. The molecule has 1 aliphatic rings. The highest BCUT2D eigenvalue weighted by molar-refractivity contribution is 5.05. The van der Waals surface area contributed by atoms with Crippen LogP contribution in [0.3, 0.4) is 0 Å². The minimum atomic E-state index is 0.972. The van der Waals surface area contributed by atoms with Crippen molar-refractivity contribution in [2.24, 2.45) is 0 Å². The molecule has 0 spiro atoms. The van der Waals surface area contributed by atoms with E-state index < -0.39 is 0 Å². The normalized spacial score (nSPS) is 17.8. The molecule has 2 rings (SSSR count). The molecule has 1 aromatic rings. The monoisotopic (exact) mass is 223 g/mol. The van der Waals surface area contributed by atoms with E-state index in [0.29, 0.717) is 0 Å². The molecule has 90 valence electrons. The maximum absolute atomic E-state index is 5.51. The fourth-order valence-corrected chi connectivity index (χ4v) is 1.94. The summed E-state index contributed by atoms with van der Waals surface area (Å²) in [4.78, 5) is 2.43. The molecule has 1 aromatic heterocycles. The van der Waals surface area contributed by atoms with Crippen molar-refractivity contribution in [3.63, 3.8) is 0 Å². The second-order valence-corrected chi connectivity index (χ2v) is 4.29. The van der Waals surface area contributed by atoms with Gasteiger partial charge in [-0.25, -0.2) is 0 Å². The molecule has 2 heterocycles. The molecule has 0 radical (unpaired) electrons. The van der Waals surface area contributed by atoms with Gasteiger partial charge in [0.1, 0.15) is 11.5 Å². The minimum absolute atomic E-state index is 0.972. The number of rotatable bonds is 5. The summed E-state index contributed by atoms with van der Waals surface area (Å²) in [5.74, 6) is 2.07. The number of aryl methyl sites for hydroxylation is 1. The lowest BCUT2D eigenvalue weighted by Crippen LogP contribution is -2.47. The molecule has 1 aliphatic heterocycles. The van der Waals surface area contributed by atoms with Gasteiger partial charge in [0.15, 0.2) is 0 Å². The molecule has 0 aliphatic carbocycles. The van der Waals surface area contributed by atoms with Gasteiger partial charge in [-0.15, -0.1) is 0 Å². The van der Waals surface area contributed by atoms with Crippen LogP contribution in [-0.4, -0.2) is 44.3 Å². The van der Waals surface area contributed by atoms with Gasteiger partial charge in [-0.3, -0.25) is 4.90 Å². The van der Waals surface area contributed by atoms with E-state index in [0.717, 1.165) is 57.3 Å². The highest BCUT2D eigenvalue weighted by Crippen LogP contribution is 2.05. The summed E-state index contributed by atoms with van der Waals surface area (Å²) in [6.07, 6.45) is 0.972. The highest BCUT2D eigenvalue weighted by atomic mass is 16.3. The Morgan fingerprint density at radius 2 is 2.19 bits per heavy atom. The minimum Gasteiger partial charge on any atom is -0.466 e. The Bertz CT molecular complexity index is 305. The number of furan rings is 1. The number of hydrogen-bond donors (Lipinski definition) is 2. The van der Waals surface area contributed by atoms with Crippen molar-refractivity contribution in [2.75, 3.05) is 39.4 Å². The Labute approximate surface area is 97.0 Å². The summed E-state index contributed by atoms with van der Waals surface area (Å²) in [6.45, 7) is 8.47. The van der Waals surface area contributed by atoms with Gasteiger partial charge in [0.05, 0.1) is 0 Å². The number of hydrogen-bond acceptors (Lipinski definition) is 4. The zero-order chi connectivity index (χ0) is 11.2. The van der Waals surface area contributed by atoms with Gasteiger partial charge in [0.2, 0.25) is 0 Å². The Morgan fingerprint density at radius 3 is 2.88 bits per heavy atom. The SMILES string of the molecule is Cc1ccc(CCNCN2CCNCC2)o1. The van der Waals surface area contributed by atoms with E-state index in [1.807, 2.05) is 13.0 Å². The molecular formula is C12H21N3O. The largest absolute Gasteiger partial charge is 0.466 e. The van der Waals surface area contributed by atoms with E-state index in [2.05, 4.69) is 21.6 Å². The lowest BCUT2D eigenvalue weighted by molar-refractivity contribution is 0.224. The predicted molar refractivity (Wildman–Crippen MR) is 64.5 cm³/mol. The molecule has 0 aromatic carbocycles. The van der Waals surface area contributed by atoms with E-state index in [1.165, 1.54) is 0 Å². The molecule has 1 fully saturated rings. The van der Waals surface area contributed by atoms with Crippen LogP contribution in [0.1, 0.15) is 11.5 Å². The summed E-state index contributed by atoms with van der Waals surface area (Å²) in [7, 11) is 0.